The number of allylic oxidation sites excluding steroid dienone is 2. The molecule has 2 fully saturated rings. The molecule has 0 spiro atoms. The van der Waals surface area contributed by atoms with Gasteiger partial charge in [-0.15, -0.1) is 0 Å². The minimum atomic E-state index is -0.0933. The van der Waals surface area contributed by atoms with Crippen molar-refractivity contribution in [3.63, 3.8) is 0 Å². The highest BCUT2D eigenvalue weighted by atomic mass is 19.1. The van der Waals surface area contributed by atoms with Crippen molar-refractivity contribution in [2.24, 2.45) is 17.8 Å². The van der Waals surface area contributed by atoms with E-state index in [0.717, 1.165) is 49.6 Å². The van der Waals surface area contributed by atoms with Crippen molar-refractivity contribution in [3.8, 4) is 0 Å². The Hall–Kier alpha value is -1.35. The lowest BCUT2D eigenvalue weighted by molar-refractivity contribution is 0.204. The van der Waals surface area contributed by atoms with Crippen LogP contribution in [0.4, 0.5) is 10.1 Å². The van der Waals surface area contributed by atoms with Crippen LogP contribution in [0.2, 0.25) is 0 Å². The zero-order valence-corrected chi connectivity index (χ0v) is 12.4. The summed E-state index contributed by atoms with van der Waals surface area (Å²) in [7, 11) is 0. The summed E-state index contributed by atoms with van der Waals surface area (Å²) >= 11 is 0. The molecule has 2 bridgehead atoms. The molecule has 0 unspecified atom stereocenters. The summed E-state index contributed by atoms with van der Waals surface area (Å²) in [4.78, 5) is 4.77. The second-order valence-electron chi connectivity index (χ2n) is 6.78. The van der Waals surface area contributed by atoms with Crippen molar-refractivity contribution in [2.45, 2.75) is 12.8 Å². The molecule has 21 heavy (non-hydrogen) atoms. The largest absolute Gasteiger partial charge is 0.367 e. The van der Waals surface area contributed by atoms with E-state index in [0.29, 0.717) is 0 Å². The van der Waals surface area contributed by atoms with Gasteiger partial charge in [0.25, 0.3) is 0 Å². The second kappa shape index (κ2) is 5.45. The van der Waals surface area contributed by atoms with E-state index in [4.69, 9.17) is 0 Å². The highest BCUT2D eigenvalue weighted by molar-refractivity contribution is 5.47. The highest BCUT2D eigenvalue weighted by Gasteiger charge is 2.36. The van der Waals surface area contributed by atoms with Crippen LogP contribution in [-0.4, -0.2) is 37.6 Å². The Balaban J connectivity index is 1.33. The van der Waals surface area contributed by atoms with Gasteiger partial charge in [0.15, 0.2) is 0 Å². The van der Waals surface area contributed by atoms with Crippen LogP contribution in [0, 0.1) is 23.6 Å². The van der Waals surface area contributed by atoms with E-state index in [2.05, 4.69) is 22.0 Å². The van der Waals surface area contributed by atoms with Crippen molar-refractivity contribution in [1.29, 1.82) is 0 Å². The quantitative estimate of drug-likeness (QED) is 0.788. The number of hydrogen-bond acceptors (Lipinski definition) is 2. The molecule has 0 N–H and O–H groups in total. The summed E-state index contributed by atoms with van der Waals surface area (Å²) in [5.41, 5.74) is 0.764. The van der Waals surface area contributed by atoms with Crippen LogP contribution in [0.3, 0.4) is 0 Å². The molecule has 3 atom stereocenters. The van der Waals surface area contributed by atoms with E-state index < -0.39 is 0 Å². The second-order valence-corrected chi connectivity index (χ2v) is 6.78. The molecule has 1 saturated heterocycles. The normalized spacial score (nSPS) is 32.0. The minimum Gasteiger partial charge on any atom is -0.367 e. The van der Waals surface area contributed by atoms with Crippen molar-refractivity contribution < 1.29 is 4.39 Å². The SMILES string of the molecule is Fc1ccccc1N1CCN(C[C@@H]2C[C@@H]3C=C[C@H]2C3)CC1. The number of fused-ring (bicyclic) bond motifs is 2. The van der Waals surface area contributed by atoms with Gasteiger partial charge in [-0.2, -0.15) is 0 Å². The first-order chi connectivity index (χ1) is 10.3. The fourth-order valence-corrected chi connectivity index (χ4v) is 4.32. The van der Waals surface area contributed by atoms with Crippen LogP contribution in [0.25, 0.3) is 0 Å². The molecule has 3 aliphatic rings. The fourth-order valence-electron chi connectivity index (χ4n) is 4.32. The van der Waals surface area contributed by atoms with Gasteiger partial charge in [0.1, 0.15) is 5.82 Å². The molecule has 1 aliphatic heterocycles. The van der Waals surface area contributed by atoms with Gasteiger partial charge in [0.05, 0.1) is 5.69 Å². The van der Waals surface area contributed by atoms with Crippen molar-refractivity contribution in [2.75, 3.05) is 37.6 Å². The number of para-hydroxylation sites is 1. The lowest BCUT2D eigenvalue weighted by atomic mass is 9.93. The third kappa shape index (κ3) is 2.59. The summed E-state index contributed by atoms with van der Waals surface area (Å²) in [6.45, 7) is 5.24. The highest BCUT2D eigenvalue weighted by Crippen LogP contribution is 2.43. The molecular formula is C18H23FN2. The molecule has 1 heterocycles. The van der Waals surface area contributed by atoms with Crippen LogP contribution in [0.1, 0.15) is 12.8 Å². The van der Waals surface area contributed by atoms with E-state index in [1.807, 2.05) is 12.1 Å². The summed E-state index contributed by atoms with van der Waals surface area (Å²) in [6.07, 6.45) is 7.63. The average Bonchev–Trinajstić information content (AvgIpc) is 3.11. The molecule has 2 nitrogen and oxygen atoms in total. The first-order valence-electron chi connectivity index (χ1n) is 8.20. The molecule has 1 aromatic rings. The molecule has 2 aliphatic carbocycles. The lowest BCUT2D eigenvalue weighted by Gasteiger charge is -2.38. The minimum absolute atomic E-state index is 0.0933. The first kappa shape index (κ1) is 13.3. The zero-order chi connectivity index (χ0) is 14.2. The topological polar surface area (TPSA) is 6.48 Å². The molecule has 3 heteroatoms. The Labute approximate surface area is 126 Å². The van der Waals surface area contributed by atoms with Crippen molar-refractivity contribution in [3.05, 3.63) is 42.2 Å². The van der Waals surface area contributed by atoms with Gasteiger partial charge in [0.2, 0.25) is 0 Å². The van der Waals surface area contributed by atoms with Gasteiger partial charge in [-0.05, 0) is 42.7 Å². The number of nitrogens with zero attached hydrogens (tertiary/aromatic N) is 2. The van der Waals surface area contributed by atoms with Crippen molar-refractivity contribution in [1.82, 2.24) is 4.90 Å². The Morgan fingerprint density at radius 1 is 1.00 bits per heavy atom. The summed E-state index contributed by atoms with van der Waals surface area (Å²) < 4.78 is 13.8. The number of benzene rings is 1. The van der Waals surface area contributed by atoms with Gasteiger partial charge in [-0.3, -0.25) is 4.90 Å². The Morgan fingerprint density at radius 2 is 1.81 bits per heavy atom. The van der Waals surface area contributed by atoms with Gasteiger partial charge in [-0.1, -0.05) is 24.3 Å². The van der Waals surface area contributed by atoms with E-state index in [1.54, 1.807) is 12.1 Å². The van der Waals surface area contributed by atoms with Crippen molar-refractivity contribution >= 4 is 5.69 Å². The van der Waals surface area contributed by atoms with Crippen LogP contribution in [0.15, 0.2) is 36.4 Å². The molecule has 0 radical (unpaired) electrons. The maximum Gasteiger partial charge on any atom is 0.146 e. The maximum absolute atomic E-state index is 13.8. The van der Waals surface area contributed by atoms with Crippen LogP contribution in [0.5, 0.6) is 0 Å². The lowest BCUT2D eigenvalue weighted by Crippen LogP contribution is -2.48. The Morgan fingerprint density at radius 3 is 2.48 bits per heavy atom. The predicted octanol–water partition coefficient (Wildman–Crippen LogP) is 3.16. The third-order valence-electron chi connectivity index (χ3n) is 5.47. The molecule has 1 aromatic carbocycles. The summed E-state index contributed by atoms with van der Waals surface area (Å²) in [5, 5.41) is 0. The number of piperazine rings is 1. The standard InChI is InChI=1S/C18H23FN2/c19-17-3-1-2-4-18(17)21-9-7-20(8-10-21)13-16-12-14-5-6-15(16)11-14/h1-6,14-16H,7-13H2/t14-,15+,16+/m1/s1. The Bertz CT molecular complexity index is 534. The average molecular weight is 286 g/mol. The van der Waals surface area contributed by atoms with Gasteiger partial charge >= 0.3 is 0 Å². The van der Waals surface area contributed by atoms with Crippen LogP contribution >= 0.6 is 0 Å². The molecule has 112 valence electrons. The van der Waals surface area contributed by atoms with Crippen LogP contribution in [-0.2, 0) is 0 Å². The van der Waals surface area contributed by atoms with E-state index in [9.17, 15) is 4.39 Å². The van der Waals surface area contributed by atoms with E-state index in [1.165, 1.54) is 19.4 Å². The van der Waals surface area contributed by atoms with Gasteiger partial charge < -0.3 is 4.90 Å². The molecule has 0 amide bonds. The number of rotatable bonds is 3. The summed E-state index contributed by atoms with van der Waals surface area (Å²) in [6, 6.07) is 7.14. The molecular weight excluding hydrogens is 263 g/mol. The monoisotopic (exact) mass is 286 g/mol. The Kier molecular flexibility index (Phi) is 3.46. The van der Waals surface area contributed by atoms with Gasteiger partial charge in [0, 0.05) is 32.7 Å². The fraction of sp³-hybridized carbons (Fsp3) is 0.556. The number of hydrogen-bond donors (Lipinski definition) is 0. The number of halogens is 1. The number of anilines is 1. The molecule has 4 rings (SSSR count). The maximum atomic E-state index is 13.8. The van der Waals surface area contributed by atoms with E-state index >= 15 is 0 Å². The summed E-state index contributed by atoms with van der Waals surface area (Å²) in [5.74, 6) is 2.46. The zero-order valence-electron chi connectivity index (χ0n) is 12.4. The predicted molar refractivity (Wildman–Crippen MR) is 83.9 cm³/mol. The first-order valence-corrected chi connectivity index (χ1v) is 8.20. The molecule has 0 aromatic heterocycles. The van der Waals surface area contributed by atoms with Crippen LogP contribution < -0.4 is 4.90 Å². The molecule has 1 saturated carbocycles. The third-order valence-corrected chi connectivity index (χ3v) is 5.47. The smallest absolute Gasteiger partial charge is 0.146 e. The van der Waals surface area contributed by atoms with E-state index in [-0.39, 0.29) is 5.82 Å². The van der Waals surface area contributed by atoms with Gasteiger partial charge in [-0.25, -0.2) is 4.39 Å².